The Bertz CT molecular complexity index is 586. The minimum absolute atomic E-state index is 0.418. The van der Waals surface area contributed by atoms with Crippen LogP contribution in [0.1, 0.15) is 32.7 Å². The molecule has 3 heterocycles. The number of hydrogen-bond donors (Lipinski definition) is 0. The lowest BCUT2D eigenvalue weighted by Crippen LogP contribution is -2.37. The lowest BCUT2D eigenvalue weighted by atomic mass is 10.0. The average Bonchev–Trinajstić information content (AvgIpc) is 2.84. The molecule has 0 radical (unpaired) electrons. The predicted molar refractivity (Wildman–Crippen MR) is 79.9 cm³/mol. The van der Waals surface area contributed by atoms with Crippen molar-refractivity contribution in [2.45, 2.75) is 32.7 Å². The molecule has 2 aromatic heterocycles. The van der Waals surface area contributed by atoms with E-state index in [1.165, 1.54) is 12.9 Å². The first kappa shape index (κ1) is 13.8. The highest BCUT2D eigenvalue weighted by Gasteiger charge is 2.23. The third kappa shape index (κ3) is 2.65. The highest BCUT2D eigenvalue weighted by molar-refractivity contribution is 6.33. The Morgan fingerprint density at radius 2 is 2.05 bits per heavy atom. The Morgan fingerprint density at radius 1 is 1.30 bits per heavy atom. The van der Waals surface area contributed by atoms with Crippen molar-refractivity contribution >= 4 is 22.6 Å². The molecule has 6 heteroatoms. The number of fused-ring (bicyclic) bond motifs is 1. The van der Waals surface area contributed by atoms with Gasteiger partial charge in [0.1, 0.15) is 11.5 Å². The van der Waals surface area contributed by atoms with E-state index in [-0.39, 0.29) is 0 Å². The van der Waals surface area contributed by atoms with Crippen LogP contribution in [0.3, 0.4) is 0 Å². The minimum Gasteiger partial charge on any atom is -0.303 e. The maximum absolute atomic E-state index is 6.08. The second-order valence-corrected chi connectivity index (χ2v) is 6.27. The van der Waals surface area contributed by atoms with Crippen LogP contribution in [0.25, 0.3) is 11.0 Å². The predicted octanol–water partition coefficient (Wildman–Crippen LogP) is 2.77. The SMILES string of the molecule is CC(C)CN1CCC(n2ncc3c(Cl)ncnc32)CC1. The van der Waals surface area contributed by atoms with Crippen molar-refractivity contribution in [2.24, 2.45) is 5.92 Å². The summed E-state index contributed by atoms with van der Waals surface area (Å²) in [7, 11) is 0. The van der Waals surface area contributed by atoms with Gasteiger partial charge in [0, 0.05) is 19.6 Å². The summed E-state index contributed by atoms with van der Waals surface area (Å²) in [5.74, 6) is 0.726. The number of rotatable bonds is 3. The second kappa shape index (κ2) is 5.66. The quantitative estimate of drug-likeness (QED) is 0.817. The molecular weight excluding hydrogens is 274 g/mol. The first-order valence-electron chi connectivity index (χ1n) is 7.21. The Morgan fingerprint density at radius 3 is 2.75 bits per heavy atom. The van der Waals surface area contributed by atoms with Gasteiger partial charge in [0.05, 0.1) is 17.6 Å². The van der Waals surface area contributed by atoms with E-state index in [2.05, 4.69) is 33.8 Å². The van der Waals surface area contributed by atoms with Gasteiger partial charge in [-0.2, -0.15) is 5.10 Å². The molecule has 1 fully saturated rings. The van der Waals surface area contributed by atoms with Gasteiger partial charge in [-0.15, -0.1) is 0 Å². The lowest BCUT2D eigenvalue weighted by Gasteiger charge is -2.33. The van der Waals surface area contributed by atoms with Crippen LogP contribution >= 0.6 is 11.6 Å². The number of nitrogens with zero attached hydrogens (tertiary/aromatic N) is 5. The summed E-state index contributed by atoms with van der Waals surface area (Å²) in [5.41, 5.74) is 0.854. The molecule has 0 aliphatic carbocycles. The summed E-state index contributed by atoms with van der Waals surface area (Å²) in [4.78, 5) is 10.9. The van der Waals surface area contributed by atoms with E-state index >= 15 is 0 Å². The van der Waals surface area contributed by atoms with E-state index in [0.717, 1.165) is 42.9 Å². The van der Waals surface area contributed by atoms with Crippen molar-refractivity contribution in [1.82, 2.24) is 24.6 Å². The fourth-order valence-corrected chi connectivity index (χ4v) is 3.14. The molecule has 0 bridgehead atoms. The molecule has 5 nitrogen and oxygen atoms in total. The van der Waals surface area contributed by atoms with Gasteiger partial charge in [-0.1, -0.05) is 25.4 Å². The number of aromatic nitrogens is 4. The number of halogens is 1. The van der Waals surface area contributed by atoms with Gasteiger partial charge in [-0.05, 0) is 18.8 Å². The van der Waals surface area contributed by atoms with Gasteiger partial charge in [0.25, 0.3) is 0 Å². The van der Waals surface area contributed by atoms with Crippen LogP contribution in [0, 0.1) is 5.92 Å². The van der Waals surface area contributed by atoms with E-state index < -0.39 is 0 Å². The van der Waals surface area contributed by atoms with E-state index in [0.29, 0.717) is 11.2 Å². The number of likely N-dealkylation sites (tertiary alicyclic amines) is 1. The number of hydrogen-bond acceptors (Lipinski definition) is 4. The van der Waals surface area contributed by atoms with Gasteiger partial charge in [-0.25, -0.2) is 14.6 Å². The molecule has 1 saturated heterocycles. The smallest absolute Gasteiger partial charge is 0.162 e. The summed E-state index contributed by atoms with van der Waals surface area (Å²) in [5, 5.41) is 5.81. The maximum atomic E-state index is 6.08. The van der Waals surface area contributed by atoms with Gasteiger partial charge in [0.2, 0.25) is 0 Å². The van der Waals surface area contributed by atoms with E-state index in [9.17, 15) is 0 Å². The fourth-order valence-electron chi connectivity index (χ4n) is 2.96. The van der Waals surface area contributed by atoms with Crippen molar-refractivity contribution in [3.63, 3.8) is 0 Å². The Hall–Kier alpha value is -1.20. The van der Waals surface area contributed by atoms with Gasteiger partial charge >= 0.3 is 0 Å². The van der Waals surface area contributed by atoms with Crippen LogP contribution in [0.15, 0.2) is 12.5 Å². The highest BCUT2D eigenvalue weighted by Crippen LogP contribution is 2.27. The first-order chi connectivity index (χ1) is 9.65. The van der Waals surface area contributed by atoms with Gasteiger partial charge in [0.15, 0.2) is 5.65 Å². The summed E-state index contributed by atoms with van der Waals surface area (Å²) in [6.07, 6.45) is 5.52. The molecule has 0 spiro atoms. The molecule has 0 N–H and O–H groups in total. The van der Waals surface area contributed by atoms with Crippen LogP contribution in [-0.4, -0.2) is 44.3 Å². The monoisotopic (exact) mass is 293 g/mol. The molecule has 0 amide bonds. The second-order valence-electron chi connectivity index (χ2n) is 5.92. The Balaban J connectivity index is 1.75. The topological polar surface area (TPSA) is 46.8 Å². The largest absolute Gasteiger partial charge is 0.303 e. The van der Waals surface area contributed by atoms with Crippen LogP contribution < -0.4 is 0 Å². The lowest BCUT2D eigenvalue weighted by molar-refractivity contribution is 0.166. The van der Waals surface area contributed by atoms with Crippen LogP contribution in [0.5, 0.6) is 0 Å². The van der Waals surface area contributed by atoms with Crippen molar-refractivity contribution in [1.29, 1.82) is 0 Å². The highest BCUT2D eigenvalue weighted by atomic mass is 35.5. The third-order valence-corrected chi connectivity index (χ3v) is 4.17. The zero-order chi connectivity index (χ0) is 14.1. The normalized spacial score (nSPS) is 18.2. The zero-order valence-corrected chi connectivity index (χ0v) is 12.7. The Labute approximate surface area is 124 Å². The summed E-state index contributed by atoms with van der Waals surface area (Å²) < 4.78 is 2.02. The molecule has 3 rings (SSSR count). The first-order valence-corrected chi connectivity index (χ1v) is 7.59. The summed E-state index contributed by atoms with van der Waals surface area (Å²) in [6, 6.07) is 0.418. The van der Waals surface area contributed by atoms with Crippen molar-refractivity contribution in [3.8, 4) is 0 Å². The minimum atomic E-state index is 0.418. The molecular formula is C14H20ClN5. The average molecular weight is 294 g/mol. The van der Waals surface area contributed by atoms with E-state index in [1.54, 1.807) is 6.20 Å². The van der Waals surface area contributed by atoms with Crippen molar-refractivity contribution < 1.29 is 0 Å². The van der Waals surface area contributed by atoms with Crippen LogP contribution in [-0.2, 0) is 0 Å². The fraction of sp³-hybridized carbons (Fsp3) is 0.643. The Kier molecular flexibility index (Phi) is 3.89. The van der Waals surface area contributed by atoms with Crippen molar-refractivity contribution in [2.75, 3.05) is 19.6 Å². The number of piperidine rings is 1. The summed E-state index contributed by atoms with van der Waals surface area (Å²) in [6.45, 7) is 7.98. The molecule has 20 heavy (non-hydrogen) atoms. The van der Waals surface area contributed by atoms with Crippen LogP contribution in [0.4, 0.5) is 0 Å². The molecule has 1 aliphatic heterocycles. The maximum Gasteiger partial charge on any atom is 0.162 e. The van der Waals surface area contributed by atoms with E-state index in [1.807, 2.05) is 4.68 Å². The molecule has 0 saturated carbocycles. The molecule has 108 valence electrons. The molecule has 0 atom stereocenters. The molecule has 0 aromatic carbocycles. The van der Waals surface area contributed by atoms with Crippen molar-refractivity contribution in [3.05, 3.63) is 17.7 Å². The zero-order valence-electron chi connectivity index (χ0n) is 12.0. The standard InChI is InChI=1S/C14H20ClN5/c1-10(2)8-19-5-3-11(4-6-19)20-14-12(7-18-20)13(15)16-9-17-14/h7,9-11H,3-6,8H2,1-2H3. The molecule has 2 aromatic rings. The third-order valence-electron chi connectivity index (χ3n) is 3.87. The van der Waals surface area contributed by atoms with E-state index in [4.69, 9.17) is 11.6 Å². The molecule has 1 aliphatic rings. The molecule has 0 unspecified atom stereocenters. The van der Waals surface area contributed by atoms with Gasteiger partial charge in [-0.3, -0.25) is 0 Å². The van der Waals surface area contributed by atoms with Gasteiger partial charge < -0.3 is 4.90 Å². The van der Waals surface area contributed by atoms with Crippen LogP contribution in [0.2, 0.25) is 5.15 Å². The summed E-state index contributed by atoms with van der Waals surface area (Å²) >= 11 is 6.08.